The molecular formula is C21H25N5O. The van der Waals surface area contributed by atoms with Crippen molar-refractivity contribution in [2.45, 2.75) is 44.9 Å². The molecule has 0 radical (unpaired) electrons. The molecule has 4 heterocycles. The van der Waals surface area contributed by atoms with E-state index >= 15 is 0 Å². The molecule has 27 heavy (non-hydrogen) atoms. The van der Waals surface area contributed by atoms with Gasteiger partial charge in [-0.3, -0.25) is 4.79 Å². The van der Waals surface area contributed by atoms with Gasteiger partial charge in [-0.25, -0.2) is 15.0 Å². The molecule has 0 spiro atoms. The number of hydrogen-bond acceptors (Lipinski definition) is 4. The fourth-order valence-electron chi connectivity index (χ4n) is 3.72. The maximum Gasteiger partial charge on any atom is 0.256 e. The Morgan fingerprint density at radius 1 is 1.15 bits per heavy atom. The lowest BCUT2D eigenvalue weighted by Gasteiger charge is -2.32. The van der Waals surface area contributed by atoms with Gasteiger partial charge in [0.15, 0.2) is 0 Å². The lowest BCUT2D eigenvalue weighted by atomic mass is 9.89. The molecule has 3 aromatic rings. The molecule has 1 aliphatic rings. The average molecular weight is 363 g/mol. The number of aromatic amines is 1. The molecule has 140 valence electrons. The van der Waals surface area contributed by atoms with Crippen molar-refractivity contribution in [1.82, 2.24) is 24.8 Å². The van der Waals surface area contributed by atoms with Crippen LogP contribution < -0.4 is 0 Å². The minimum Gasteiger partial charge on any atom is -0.346 e. The first-order chi connectivity index (χ1) is 12.9. The first kappa shape index (κ1) is 17.6. The Morgan fingerprint density at radius 3 is 2.52 bits per heavy atom. The topological polar surface area (TPSA) is 74.8 Å². The maximum atomic E-state index is 12.8. The van der Waals surface area contributed by atoms with Gasteiger partial charge in [0.2, 0.25) is 0 Å². The van der Waals surface area contributed by atoms with Crippen LogP contribution in [-0.4, -0.2) is 43.8 Å². The lowest BCUT2D eigenvalue weighted by molar-refractivity contribution is 0.0712. The molecule has 1 aliphatic heterocycles. The molecular weight excluding hydrogens is 338 g/mol. The van der Waals surface area contributed by atoms with Crippen molar-refractivity contribution in [3.63, 3.8) is 0 Å². The highest BCUT2D eigenvalue weighted by Gasteiger charge is 2.27. The first-order valence-electron chi connectivity index (χ1n) is 9.47. The summed E-state index contributed by atoms with van der Waals surface area (Å²) in [5, 5.41) is 1.19. The van der Waals surface area contributed by atoms with Gasteiger partial charge in [-0.1, -0.05) is 20.8 Å². The molecule has 1 N–H and O–H groups in total. The molecule has 0 bridgehead atoms. The van der Waals surface area contributed by atoms with Gasteiger partial charge in [0.25, 0.3) is 5.91 Å². The number of fused-ring (bicyclic) bond motifs is 1. The van der Waals surface area contributed by atoms with Crippen molar-refractivity contribution in [3.8, 4) is 0 Å². The summed E-state index contributed by atoms with van der Waals surface area (Å²) in [5.41, 5.74) is 2.69. The normalized spacial score (nSPS) is 16.0. The number of nitrogens with one attached hydrogen (secondary N) is 1. The largest absolute Gasteiger partial charge is 0.346 e. The second-order valence-electron chi connectivity index (χ2n) is 8.26. The van der Waals surface area contributed by atoms with E-state index in [9.17, 15) is 4.79 Å². The Hall–Kier alpha value is -2.76. The van der Waals surface area contributed by atoms with E-state index in [1.54, 1.807) is 18.6 Å². The van der Waals surface area contributed by atoms with Gasteiger partial charge in [0.1, 0.15) is 11.5 Å². The SMILES string of the molecule is CC(C)(C)c1ncc(C(=O)N2CCC(c3c[nH]c4ncccc34)CC2)cn1. The molecule has 3 aromatic heterocycles. The summed E-state index contributed by atoms with van der Waals surface area (Å²) in [4.78, 5) is 31.1. The minimum atomic E-state index is -0.117. The van der Waals surface area contributed by atoms with E-state index in [0.717, 1.165) is 37.4 Å². The van der Waals surface area contributed by atoms with Crippen LogP contribution in [0.2, 0.25) is 0 Å². The molecule has 0 aromatic carbocycles. The maximum absolute atomic E-state index is 12.8. The number of carbonyl (C=O) groups excluding carboxylic acids is 1. The highest BCUT2D eigenvalue weighted by Crippen LogP contribution is 2.32. The number of pyridine rings is 1. The summed E-state index contributed by atoms with van der Waals surface area (Å²) in [6.45, 7) is 7.69. The van der Waals surface area contributed by atoms with E-state index < -0.39 is 0 Å². The van der Waals surface area contributed by atoms with Crippen molar-refractivity contribution >= 4 is 16.9 Å². The van der Waals surface area contributed by atoms with Crippen LogP contribution in [0.25, 0.3) is 11.0 Å². The molecule has 4 rings (SSSR count). The quantitative estimate of drug-likeness (QED) is 0.754. The molecule has 0 aliphatic carbocycles. The minimum absolute atomic E-state index is 0.0227. The van der Waals surface area contributed by atoms with Crippen LogP contribution in [0.4, 0.5) is 0 Å². The number of nitrogens with zero attached hydrogens (tertiary/aromatic N) is 4. The van der Waals surface area contributed by atoms with Gasteiger partial charge in [-0.2, -0.15) is 0 Å². The monoisotopic (exact) mass is 363 g/mol. The van der Waals surface area contributed by atoms with Gasteiger partial charge in [0, 0.05) is 48.7 Å². The number of H-pyrrole nitrogens is 1. The fraction of sp³-hybridized carbons (Fsp3) is 0.429. The summed E-state index contributed by atoms with van der Waals surface area (Å²) in [5.74, 6) is 1.23. The van der Waals surface area contributed by atoms with Crippen LogP contribution in [0.1, 0.15) is 61.3 Å². The third-order valence-electron chi connectivity index (χ3n) is 5.27. The number of hydrogen-bond donors (Lipinski definition) is 1. The van der Waals surface area contributed by atoms with E-state index in [-0.39, 0.29) is 11.3 Å². The van der Waals surface area contributed by atoms with Gasteiger partial charge >= 0.3 is 0 Å². The smallest absolute Gasteiger partial charge is 0.256 e. The highest BCUT2D eigenvalue weighted by atomic mass is 16.2. The number of rotatable bonds is 2. The van der Waals surface area contributed by atoms with E-state index in [4.69, 9.17) is 0 Å². The van der Waals surface area contributed by atoms with E-state index in [1.807, 2.05) is 11.0 Å². The molecule has 0 unspecified atom stereocenters. The van der Waals surface area contributed by atoms with Crippen LogP contribution in [0, 0.1) is 0 Å². The van der Waals surface area contributed by atoms with Crippen LogP contribution in [0.3, 0.4) is 0 Å². The second-order valence-corrected chi connectivity index (χ2v) is 8.26. The number of piperidine rings is 1. The molecule has 6 heteroatoms. The van der Waals surface area contributed by atoms with Crippen LogP contribution in [0.5, 0.6) is 0 Å². The average Bonchev–Trinajstić information content (AvgIpc) is 3.11. The van der Waals surface area contributed by atoms with Crippen molar-refractivity contribution in [1.29, 1.82) is 0 Å². The van der Waals surface area contributed by atoms with Crippen LogP contribution in [-0.2, 0) is 5.41 Å². The van der Waals surface area contributed by atoms with E-state index in [1.165, 1.54) is 10.9 Å². The molecule has 6 nitrogen and oxygen atoms in total. The Morgan fingerprint density at radius 2 is 1.85 bits per heavy atom. The van der Waals surface area contributed by atoms with Gasteiger partial charge in [-0.05, 0) is 36.5 Å². The second kappa shape index (κ2) is 6.76. The van der Waals surface area contributed by atoms with Crippen LogP contribution >= 0.6 is 0 Å². The summed E-state index contributed by atoms with van der Waals surface area (Å²) in [6.07, 6.45) is 9.10. The molecule has 0 saturated carbocycles. The Labute approximate surface area is 159 Å². The van der Waals surface area contributed by atoms with E-state index in [2.05, 4.69) is 53.0 Å². The number of aromatic nitrogens is 4. The lowest BCUT2D eigenvalue weighted by Crippen LogP contribution is -2.38. The predicted octanol–water partition coefficient (Wildman–Crippen LogP) is 3.67. The van der Waals surface area contributed by atoms with Gasteiger partial charge < -0.3 is 9.88 Å². The van der Waals surface area contributed by atoms with Gasteiger partial charge in [-0.15, -0.1) is 0 Å². The van der Waals surface area contributed by atoms with E-state index in [0.29, 0.717) is 11.5 Å². The summed E-state index contributed by atoms with van der Waals surface area (Å²) >= 11 is 0. The Balaban J connectivity index is 1.43. The van der Waals surface area contributed by atoms with Crippen molar-refractivity contribution < 1.29 is 4.79 Å². The third kappa shape index (κ3) is 3.44. The summed E-state index contributed by atoms with van der Waals surface area (Å²) in [7, 11) is 0. The Kier molecular flexibility index (Phi) is 4.42. The van der Waals surface area contributed by atoms with Gasteiger partial charge in [0.05, 0.1) is 5.56 Å². The number of carbonyl (C=O) groups is 1. The molecule has 1 saturated heterocycles. The Bertz CT molecular complexity index is 947. The zero-order valence-corrected chi connectivity index (χ0v) is 16.1. The van der Waals surface area contributed by atoms with Crippen LogP contribution in [0.15, 0.2) is 36.9 Å². The van der Waals surface area contributed by atoms with Crippen molar-refractivity contribution in [3.05, 3.63) is 53.9 Å². The standard InChI is InChI=1S/C21H25N5O/c1-21(2,3)20-24-11-15(12-25-20)19(27)26-9-6-14(7-10-26)17-13-23-18-16(17)5-4-8-22-18/h4-5,8,11-14H,6-7,9-10H2,1-3H3,(H,22,23). The predicted molar refractivity (Wildman–Crippen MR) is 105 cm³/mol. The zero-order chi connectivity index (χ0) is 19.0. The first-order valence-corrected chi connectivity index (χ1v) is 9.47. The third-order valence-corrected chi connectivity index (χ3v) is 5.27. The fourth-order valence-corrected chi connectivity index (χ4v) is 3.72. The summed E-state index contributed by atoms with van der Waals surface area (Å²) in [6, 6.07) is 4.08. The summed E-state index contributed by atoms with van der Waals surface area (Å²) < 4.78 is 0. The number of amides is 1. The van der Waals surface area contributed by atoms with Crippen molar-refractivity contribution in [2.75, 3.05) is 13.1 Å². The van der Waals surface area contributed by atoms with Crippen molar-refractivity contribution in [2.24, 2.45) is 0 Å². The highest BCUT2D eigenvalue weighted by molar-refractivity contribution is 5.93. The molecule has 0 atom stereocenters. The molecule has 1 amide bonds. The number of likely N-dealkylation sites (tertiary alicyclic amines) is 1. The molecule has 1 fully saturated rings. The zero-order valence-electron chi connectivity index (χ0n) is 16.1.